The molecule has 2 aliphatic rings. The second-order valence-electron chi connectivity index (χ2n) is 3.93. The van der Waals surface area contributed by atoms with E-state index in [1.165, 1.54) is 12.8 Å². The second kappa shape index (κ2) is 4.09. The van der Waals surface area contributed by atoms with Gasteiger partial charge in [0, 0.05) is 19.7 Å². The maximum Gasteiger partial charge on any atom is 0.225 e. The molecule has 0 aromatic carbocycles. The highest BCUT2D eigenvalue weighted by Gasteiger charge is 2.24. The lowest BCUT2D eigenvalue weighted by atomic mass is 10.1. The molecule has 0 spiro atoms. The van der Waals surface area contributed by atoms with Crippen LogP contribution in [-0.4, -0.2) is 36.6 Å². The van der Waals surface area contributed by atoms with Crippen molar-refractivity contribution in [2.24, 2.45) is 0 Å². The maximum absolute atomic E-state index is 11.6. The van der Waals surface area contributed by atoms with Gasteiger partial charge in [0.2, 0.25) is 5.91 Å². The lowest BCUT2D eigenvalue weighted by molar-refractivity contribution is -0.132. The number of rotatable bonds is 2. The number of amides is 1. The molecule has 2 saturated heterocycles. The normalized spacial score (nSPS) is 28.3. The quantitative estimate of drug-likeness (QED) is 0.643. The lowest BCUT2D eigenvalue weighted by Crippen LogP contribution is -2.30. The Labute approximate surface area is 79.0 Å². The van der Waals surface area contributed by atoms with Crippen molar-refractivity contribution in [2.75, 3.05) is 19.7 Å². The van der Waals surface area contributed by atoms with Crippen LogP contribution in [0.4, 0.5) is 0 Å². The second-order valence-corrected chi connectivity index (χ2v) is 3.93. The fourth-order valence-electron chi connectivity index (χ4n) is 2.10. The SMILES string of the molecule is O=C(CC1CCCO1)N1CCCC1. The van der Waals surface area contributed by atoms with Crippen LogP contribution in [0, 0.1) is 0 Å². The van der Waals surface area contributed by atoms with E-state index >= 15 is 0 Å². The summed E-state index contributed by atoms with van der Waals surface area (Å²) < 4.78 is 5.44. The van der Waals surface area contributed by atoms with Crippen molar-refractivity contribution in [3.8, 4) is 0 Å². The summed E-state index contributed by atoms with van der Waals surface area (Å²) in [5.74, 6) is 0.296. The molecule has 0 aromatic heterocycles. The molecule has 2 aliphatic heterocycles. The molecule has 74 valence electrons. The Morgan fingerprint density at radius 2 is 2.08 bits per heavy atom. The van der Waals surface area contributed by atoms with Crippen molar-refractivity contribution in [2.45, 2.75) is 38.2 Å². The molecule has 0 bridgehead atoms. The summed E-state index contributed by atoms with van der Waals surface area (Å²) in [6.07, 6.45) is 5.37. The number of hydrogen-bond acceptors (Lipinski definition) is 2. The first kappa shape index (κ1) is 9.00. The predicted molar refractivity (Wildman–Crippen MR) is 49.4 cm³/mol. The smallest absolute Gasteiger partial charge is 0.225 e. The van der Waals surface area contributed by atoms with E-state index in [1.807, 2.05) is 4.90 Å². The van der Waals surface area contributed by atoms with Crippen molar-refractivity contribution in [1.29, 1.82) is 0 Å². The predicted octanol–water partition coefficient (Wildman–Crippen LogP) is 1.18. The van der Waals surface area contributed by atoms with E-state index in [0.29, 0.717) is 12.3 Å². The number of hydrogen-bond donors (Lipinski definition) is 0. The summed E-state index contributed by atoms with van der Waals surface area (Å²) in [5, 5.41) is 0. The highest BCUT2D eigenvalue weighted by molar-refractivity contribution is 5.76. The van der Waals surface area contributed by atoms with Gasteiger partial charge in [0.1, 0.15) is 0 Å². The van der Waals surface area contributed by atoms with Crippen LogP contribution in [0.3, 0.4) is 0 Å². The Hall–Kier alpha value is -0.570. The fourth-order valence-corrected chi connectivity index (χ4v) is 2.10. The first-order valence-electron chi connectivity index (χ1n) is 5.25. The third-order valence-corrected chi connectivity index (χ3v) is 2.89. The molecule has 1 unspecified atom stereocenters. The average Bonchev–Trinajstić information content (AvgIpc) is 2.74. The zero-order valence-electron chi connectivity index (χ0n) is 8.00. The van der Waals surface area contributed by atoms with E-state index in [-0.39, 0.29) is 6.10 Å². The van der Waals surface area contributed by atoms with Gasteiger partial charge >= 0.3 is 0 Å². The zero-order valence-corrected chi connectivity index (χ0v) is 8.00. The molecule has 1 atom stereocenters. The summed E-state index contributed by atoms with van der Waals surface area (Å²) in [5.41, 5.74) is 0. The van der Waals surface area contributed by atoms with E-state index in [1.54, 1.807) is 0 Å². The third-order valence-electron chi connectivity index (χ3n) is 2.89. The molecule has 2 fully saturated rings. The minimum atomic E-state index is 0.216. The van der Waals surface area contributed by atoms with Crippen molar-refractivity contribution >= 4 is 5.91 Å². The van der Waals surface area contributed by atoms with Gasteiger partial charge in [-0.1, -0.05) is 0 Å². The summed E-state index contributed by atoms with van der Waals surface area (Å²) in [7, 11) is 0. The Balaban J connectivity index is 1.76. The van der Waals surface area contributed by atoms with Gasteiger partial charge < -0.3 is 9.64 Å². The molecular weight excluding hydrogens is 166 g/mol. The summed E-state index contributed by atoms with van der Waals surface area (Å²) in [4.78, 5) is 13.6. The maximum atomic E-state index is 11.6. The van der Waals surface area contributed by atoms with Crippen LogP contribution in [0.5, 0.6) is 0 Å². The lowest BCUT2D eigenvalue weighted by Gasteiger charge is -2.17. The molecule has 3 nitrogen and oxygen atoms in total. The van der Waals surface area contributed by atoms with Gasteiger partial charge in [-0.2, -0.15) is 0 Å². The number of carbonyl (C=O) groups excluding carboxylic acids is 1. The monoisotopic (exact) mass is 183 g/mol. The molecule has 0 aromatic rings. The minimum absolute atomic E-state index is 0.216. The number of nitrogens with zero attached hydrogens (tertiary/aromatic N) is 1. The van der Waals surface area contributed by atoms with E-state index in [9.17, 15) is 4.79 Å². The highest BCUT2D eigenvalue weighted by atomic mass is 16.5. The van der Waals surface area contributed by atoms with Crippen molar-refractivity contribution in [1.82, 2.24) is 4.90 Å². The van der Waals surface area contributed by atoms with Crippen LogP contribution in [0.25, 0.3) is 0 Å². The van der Waals surface area contributed by atoms with Gasteiger partial charge in [-0.15, -0.1) is 0 Å². The zero-order chi connectivity index (χ0) is 9.10. The summed E-state index contributed by atoms with van der Waals surface area (Å²) in [6.45, 7) is 2.77. The molecule has 13 heavy (non-hydrogen) atoms. The molecule has 0 aliphatic carbocycles. The van der Waals surface area contributed by atoms with Crippen LogP contribution in [0.2, 0.25) is 0 Å². The largest absolute Gasteiger partial charge is 0.378 e. The molecule has 0 N–H and O–H groups in total. The molecule has 0 saturated carbocycles. The van der Waals surface area contributed by atoms with Crippen molar-refractivity contribution in [3.05, 3.63) is 0 Å². The van der Waals surface area contributed by atoms with Gasteiger partial charge in [0.15, 0.2) is 0 Å². The van der Waals surface area contributed by atoms with E-state index < -0.39 is 0 Å². The summed E-state index contributed by atoms with van der Waals surface area (Å²) in [6, 6.07) is 0. The highest BCUT2D eigenvalue weighted by Crippen LogP contribution is 2.18. The van der Waals surface area contributed by atoms with Crippen LogP contribution >= 0.6 is 0 Å². The van der Waals surface area contributed by atoms with Gasteiger partial charge in [-0.25, -0.2) is 0 Å². The molecule has 1 amide bonds. The van der Waals surface area contributed by atoms with E-state index in [2.05, 4.69) is 0 Å². The molecule has 2 rings (SSSR count). The van der Waals surface area contributed by atoms with Crippen LogP contribution < -0.4 is 0 Å². The number of ether oxygens (including phenoxy) is 1. The Kier molecular flexibility index (Phi) is 2.83. The fraction of sp³-hybridized carbons (Fsp3) is 0.900. The Morgan fingerprint density at radius 3 is 2.69 bits per heavy atom. The first-order valence-corrected chi connectivity index (χ1v) is 5.25. The van der Waals surface area contributed by atoms with Gasteiger partial charge in [0.05, 0.1) is 12.5 Å². The van der Waals surface area contributed by atoms with Gasteiger partial charge in [-0.3, -0.25) is 4.79 Å². The molecule has 3 heteroatoms. The van der Waals surface area contributed by atoms with E-state index in [4.69, 9.17) is 4.74 Å². The number of likely N-dealkylation sites (tertiary alicyclic amines) is 1. The van der Waals surface area contributed by atoms with Crippen LogP contribution in [-0.2, 0) is 9.53 Å². The molecule has 2 heterocycles. The topological polar surface area (TPSA) is 29.5 Å². The Morgan fingerprint density at radius 1 is 1.31 bits per heavy atom. The standard InChI is InChI=1S/C10H17NO2/c12-10(11-5-1-2-6-11)8-9-4-3-7-13-9/h9H,1-8H2. The Bertz CT molecular complexity index is 181. The third kappa shape index (κ3) is 2.21. The average molecular weight is 183 g/mol. The first-order chi connectivity index (χ1) is 6.36. The molecular formula is C10H17NO2. The van der Waals surface area contributed by atoms with Crippen LogP contribution in [0.1, 0.15) is 32.1 Å². The van der Waals surface area contributed by atoms with E-state index in [0.717, 1.165) is 32.5 Å². The van der Waals surface area contributed by atoms with Gasteiger partial charge in [0.25, 0.3) is 0 Å². The van der Waals surface area contributed by atoms with Gasteiger partial charge in [-0.05, 0) is 25.7 Å². The van der Waals surface area contributed by atoms with Crippen molar-refractivity contribution in [3.63, 3.8) is 0 Å². The van der Waals surface area contributed by atoms with Crippen molar-refractivity contribution < 1.29 is 9.53 Å². The summed E-state index contributed by atoms with van der Waals surface area (Å²) >= 11 is 0. The number of carbonyl (C=O) groups is 1. The minimum Gasteiger partial charge on any atom is -0.378 e. The molecule has 0 radical (unpaired) electrons. The van der Waals surface area contributed by atoms with Crippen LogP contribution in [0.15, 0.2) is 0 Å².